The molecule has 0 aromatic rings. The van der Waals surface area contributed by atoms with Crippen molar-refractivity contribution in [3.63, 3.8) is 0 Å². The quantitative estimate of drug-likeness (QED) is 0.133. The number of carboxylic acid groups (broad SMARTS) is 2. The van der Waals surface area contributed by atoms with Gasteiger partial charge in [0, 0.05) is 6.42 Å². The average Bonchev–Trinajstić information content (AvgIpc) is 2.66. The first kappa shape index (κ1) is 28.1. The van der Waals surface area contributed by atoms with Crippen molar-refractivity contribution in [2.75, 3.05) is 12.0 Å². The maximum Gasteiger partial charge on any atom is 0.326 e. The lowest BCUT2D eigenvalue weighted by Crippen LogP contribution is -2.56. The number of primary amides is 1. The highest BCUT2D eigenvalue weighted by molar-refractivity contribution is 7.98. The molecule has 0 fully saturated rings. The van der Waals surface area contributed by atoms with Gasteiger partial charge in [-0.3, -0.25) is 24.0 Å². The number of nitrogens with one attached hydrogen (secondary N) is 3. The molecule has 4 unspecified atom stereocenters. The summed E-state index contributed by atoms with van der Waals surface area (Å²) in [5.41, 5.74) is 10.4. The van der Waals surface area contributed by atoms with Gasteiger partial charge < -0.3 is 37.6 Å². The second-order valence-electron chi connectivity index (χ2n) is 6.68. The first-order chi connectivity index (χ1) is 14.4. The van der Waals surface area contributed by atoms with Crippen LogP contribution in [0.4, 0.5) is 0 Å². The lowest BCUT2D eigenvalue weighted by molar-refractivity contribution is -0.143. The molecule has 31 heavy (non-hydrogen) atoms. The topological polar surface area (TPSA) is 231 Å². The molecule has 14 heteroatoms. The highest BCUT2D eigenvalue weighted by atomic mass is 32.2. The minimum atomic E-state index is -1.35. The number of nitrogens with two attached hydrogens (primary N) is 2. The standard InChI is InChI=1S/C17H29N5O8S/c1-8(20-15(27)9(18)7-12(19)23)14(26)21-10(3-4-13(24)25)16(28)22-11(17(29)30)5-6-31-2/h8-11H,3-7,18H2,1-2H3,(H2,19,23)(H,20,27)(H,21,26)(H,22,28)(H,24,25)(H,29,30). The molecule has 9 N–H and O–H groups in total. The van der Waals surface area contributed by atoms with Gasteiger partial charge in [-0.15, -0.1) is 0 Å². The van der Waals surface area contributed by atoms with E-state index in [0.717, 1.165) is 0 Å². The van der Waals surface area contributed by atoms with Crippen LogP contribution in [0.15, 0.2) is 0 Å². The average molecular weight is 464 g/mol. The van der Waals surface area contributed by atoms with E-state index in [9.17, 15) is 33.9 Å². The van der Waals surface area contributed by atoms with Crippen LogP contribution in [0.2, 0.25) is 0 Å². The van der Waals surface area contributed by atoms with E-state index < -0.39 is 72.6 Å². The normalized spacial score (nSPS) is 14.4. The highest BCUT2D eigenvalue weighted by Crippen LogP contribution is 2.04. The third-order valence-corrected chi connectivity index (χ3v) is 4.66. The largest absolute Gasteiger partial charge is 0.481 e. The second-order valence-corrected chi connectivity index (χ2v) is 7.67. The summed E-state index contributed by atoms with van der Waals surface area (Å²) in [6, 6.07) is -5.02. The Kier molecular flexibility index (Phi) is 12.9. The first-order valence-corrected chi connectivity index (χ1v) is 10.7. The van der Waals surface area contributed by atoms with Crippen LogP contribution in [0.5, 0.6) is 0 Å². The van der Waals surface area contributed by atoms with Crippen LogP contribution in [-0.4, -0.2) is 82.0 Å². The Morgan fingerprint density at radius 1 is 0.903 bits per heavy atom. The number of carbonyl (C=O) groups is 6. The number of thioether (sulfide) groups is 1. The monoisotopic (exact) mass is 463 g/mol. The van der Waals surface area contributed by atoms with Crippen LogP contribution in [-0.2, 0) is 28.8 Å². The molecule has 176 valence electrons. The molecule has 0 bridgehead atoms. The minimum absolute atomic E-state index is 0.131. The second kappa shape index (κ2) is 14.2. The number of amides is 4. The van der Waals surface area contributed by atoms with Gasteiger partial charge in [-0.1, -0.05) is 0 Å². The maximum atomic E-state index is 12.5. The number of carbonyl (C=O) groups excluding carboxylic acids is 4. The zero-order chi connectivity index (χ0) is 24.1. The fourth-order valence-electron chi connectivity index (χ4n) is 2.29. The van der Waals surface area contributed by atoms with Gasteiger partial charge in [0.25, 0.3) is 0 Å². The Hall–Kier alpha value is -2.87. The van der Waals surface area contributed by atoms with Crippen molar-refractivity contribution in [2.24, 2.45) is 11.5 Å². The summed E-state index contributed by atoms with van der Waals surface area (Å²) in [4.78, 5) is 69.8. The molecule has 0 aromatic carbocycles. The Labute approximate surface area is 183 Å². The molecular formula is C17H29N5O8S. The summed E-state index contributed by atoms with van der Waals surface area (Å²) in [6.45, 7) is 1.29. The van der Waals surface area contributed by atoms with Crippen LogP contribution in [0.3, 0.4) is 0 Å². The fourth-order valence-corrected chi connectivity index (χ4v) is 2.77. The summed E-state index contributed by atoms with van der Waals surface area (Å²) in [7, 11) is 0. The van der Waals surface area contributed by atoms with Gasteiger partial charge in [0.2, 0.25) is 23.6 Å². The molecule has 0 spiro atoms. The molecule has 0 aliphatic rings. The van der Waals surface area contributed by atoms with Crippen molar-refractivity contribution in [1.82, 2.24) is 16.0 Å². The van der Waals surface area contributed by atoms with Gasteiger partial charge in [-0.25, -0.2) is 4.79 Å². The summed E-state index contributed by atoms with van der Waals surface area (Å²) >= 11 is 1.38. The number of rotatable bonds is 15. The highest BCUT2D eigenvalue weighted by Gasteiger charge is 2.29. The zero-order valence-electron chi connectivity index (χ0n) is 17.3. The molecule has 0 aliphatic heterocycles. The Morgan fingerprint density at radius 2 is 1.48 bits per heavy atom. The lowest BCUT2D eigenvalue weighted by Gasteiger charge is -2.23. The molecule has 0 aliphatic carbocycles. The summed E-state index contributed by atoms with van der Waals surface area (Å²) in [5.74, 6) is -5.36. The van der Waals surface area contributed by atoms with Gasteiger partial charge in [0.1, 0.15) is 18.1 Å². The van der Waals surface area contributed by atoms with Crippen molar-refractivity contribution in [1.29, 1.82) is 0 Å². The third kappa shape index (κ3) is 11.8. The molecule has 0 aromatic heterocycles. The first-order valence-electron chi connectivity index (χ1n) is 9.27. The molecule has 0 radical (unpaired) electrons. The van der Waals surface area contributed by atoms with Crippen LogP contribution in [0.25, 0.3) is 0 Å². The number of hydrogen-bond donors (Lipinski definition) is 7. The Morgan fingerprint density at radius 3 is 1.97 bits per heavy atom. The van der Waals surface area contributed by atoms with E-state index in [4.69, 9.17) is 16.6 Å². The number of carboxylic acids is 2. The minimum Gasteiger partial charge on any atom is -0.481 e. The lowest BCUT2D eigenvalue weighted by atomic mass is 10.1. The molecule has 0 saturated carbocycles. The van der Waals surface area contributed by atoms with Crippen molar-refractivity contribution in [3.05, 3.63) is 0 Å². The van der Waals surface area contributed by atoms with E-state index in [2.05, 4.69) is 16.0 Å². The number of aliphatic carboxylic acids is 2. The summed E-state index contributed by atoms with van der Waals surface area (Å²) in [5, 5.41) is 24.9. The van der Waals surface area contributed by atoms with Crippen molar-refractivity contribution < 1.29 is 39.0 Å². The van der Waals surface area contributed by atoms with E-state index >= 15 is 0 Å². The predicted octanol–water partition coefficient (Wildman–Crippen LogP) is -2.63. The van der Waals surface area contributed by atoms with Crippen LogP contribution >= 0.6 is 11.8 Å². The van der Waals surface area contributed by atoms with E-state index in [1.165, 1.54) is 18.7 Å². The fraction of sp³-hybridized carbons (Fsp3) is 0.647. The molecule has 0 heterocycles. The maximum absolute atomic E-state index is 12.5. The molecule has 13 nitrogen and oxygen atoms in total. The van der Waals surface area contributed by atoms with E-state index in [0.29, 0.717) is 5.75 Å². The zero-order valence-corrected chi connectivity index (χ0v) is 18.1. The van der Waals surface area contributed by atoms with Gasteiger partial charge >= 0.3 is 11.9 Å². The van der Waals surface area contributed by atoms with Crippen LogP contribution in [0.1, 0.15) is 32.6 Å². The molecular weight excluding hydrogens is 434 g/mol. The molecule has 4 atom stereocenters. The Balaban J connectivity index is 5.14. The van der Waals surface area contributed by atoms with Gasteiger partial charge in [-0.2, -0.15) is 11.8 Å². The Bertz CT molecular complexity index is 689. The van der Waals surface area contributed by atoms with Gasteiger partial charge in [0.15, 0.2) is 0 Å². The molecule has 0 saturated heterocycles. The number of hydrogen-bond acceptors (Lipinski definition) is 8. The van der Waals surface area contributed by atoms with Crippen molar-refractivity contribution in [3.8, 4) is 0 Å². The molecule has 4 amide bonds. The smallest absolute Gasteiger partial charge is 0.326 e. The molecule has 0 rings (SSSR count). The van der Waals surface area contributed by atoms with Gasteiger partial charge in [0.05, 0.1) is 12.5 Å². The van der Waals surface area contributed by atoms with Gasteiger partial charge in [-0.05, 0) is 31.8 Å². The van der Waals surface area contributed by atoms with Crippen molar-refractivity contribution >= 4 is 47.3 Å². The summed E-state index contributed by atoms with van der Waals surface area (Å²) < 4.78 is 0. The SMILES string of the molecule is CSCCC(NC(=O)C(CCC(=O)O)NC(=O)C(C)NC(=O)C(N)CC(N)=O)C(=O)O. The van der Waals surface area contributed by atoms with E-state index in [-0.39, 0.29) is 12.8 Å². The van der Waals surface area contributed by atoms with Crippen LogP contribution < -0.4 is 27.4 Å². The predicted molar refractivity (Wildman–Crippen MR) is 111 cm³/mol. The summed E-state index contributed by atoms with van der Waals surface area (Å²) in [6.07, 6.45) is 0.693. The third-order valence-electron chi connectivity index (χ3n) is 4.02. The van der Waals surface area contributed by atoms with E-state index in [1.54, 1.807) is 6.26 Å². The van der Waals surface area contributed by atoms with E-state index in [1.807, 2.05) is 0 Å². The van der Waals surface area contributed by atoms with Crippen LogP contribution in [0, 0.1) is 0 Å². The van der Waals surface area contributed by atoms with Crippen molar-refractivity contribution in [2.45, 2.75) is 56.8 Å².